The van der Waals surface area contributed by atoms with E-state index in [1.165, 1.54) is 11.0 Å². The third-order valence-corrected chi connectivity index (χ3v) is 7.22. The lowest BCUT2D eigenvalue weighted by Gasteiger charge is -2.36. The molecule has 5 rings (SSSR count). The molecule has 2 heterocycles. The Kier molecular flexibility index (Phi) is 6.58. The number of nitriles is 1. The number of aryl methyl sites for hydroxylation is 1. The van der Waals surface area contributed by atoms with E-state index in [0.717, 1.165) is 37.8 Å². The molecule has 0 bridgehead atoms. The molecule has 0 radical (unpaired) electrons. The zero-order valence-corrected chi connectivity index (χ0v) is 20.9. The lowest BCUT2D eigenvalue weighted by molar-refractivity contribution is -0.143. The summed E-state index contributed by atoms with van der Waals surface area (Å²) in [6, 6.07) is 16.2. The van der Waals surface area contributed by atoms with Gasteiger partial charge in [-0.15, -0.1) is 0 Å². The van der Waals surface area contributed by atoms with Crippen LogP contribution in [0, 0.1) is 24.1 Å². The molecular formula is C30H27FN4O2. The van der Waals surface area contributed by atoms with Crippen molar-refractivity contribution in [3.8, 4) is 23.0 Å². The first-order chi connectivity index (χ1) is 17.9. The smallest absolute Gasteiger partial charge is 0.271 e. The summed E-state index contributed by atoms with van der Waals surface area (Å²) in [5.41, 5.74) is 3.58. The summed E-state index contributed by atoms with van der Waals surface area (Å²) >= 11 is 0. The molecule has 0 unspecified atom stereocenters. The van der Waals surface area contributed by atoms with Gasteiger partial charge in [-0.05, 0) is 62.1 Å². The van der Waals surface area contributed by atoms with Crippen molar-refractivity contribution in [2.75, 3.05) is 0 Å². The number of para-hydroxylation sites is 1. The highest BCUT2D eigenvalue weighted by Gasteiger charge is 2.40. The number of carbonyl (C=O) groups is 2. The molecule has 1 aliphatic carbocycles. The van der Waals surface area contributed by atoms with Gasteiger partial charge in [0.1, 0.15) is 23.2 Å². The molecule has 186 valence electrons. The second-order valence-corrected chi connectivity index (χ2v) is 9.62. The molecule has 2 aliphatic rings. The fourth-order valence-corrected chi connectivity index (χ4v) is 5.10. The second kappa shape index (κ2) is 9.98. The average molecular weight is 495 g/mol. The monoisotopic (exact) mass is 494 g/mol. The van der Waals surface area contributed by atoms with Gasteiger partial charge in [-0.1, -0.05) is 49.6 Å². The maximum absolute atomic E-state index is 14.5. The minimum Gasteiger partial charge on any atom is -0.271 e. The maximum atomic E-state index is 14.5. The van der Waals surface area contributed by atoms with Gasteiger partial charge >= 0.3 is 0 Å². The van der Waals surface area contributed by atoms with E-state index in [1.54, 1.807) is 42.9 Å². The van der Waals surface area contributed by atoms with Crippen molar-refractivity contribution in [1.82, 2.24) is 14.7 Å². The zero-order chi connectivity index (χ0) is 26.1. The van der Waals surface area contributed by atoms with Crippen LogP contribution in [0.3, 0.4) is 0 Å². The molecule has 2 amide bonds. The van der Waals surface area contributed by atoms with Crippen LogP contribution in [0.4, 0.5) is 4.39 Å². The Bertz CT molecular complexity index is 1490. The Balaban J connectivity index is 1.68. The summed E-state index contributed by atoms with van der Waals surface area (Å²) in [6.07, 6.45) is 7.89. The highest BCUT2D eigenvalue weighted by Crippen LogP contribution is 2.34. The molecule has 1 aliphatic heterocycles. The minimum atomic E-state index is -0.519. The number of imide groups is 1. The molecule has 0 N–H and O–H groups in total. The minimum absolute atomic E-state index is 0.0187. The summed E-state index contributed by atoms with van der Waals surface area (Å²) in [5.74, 6) is -1.27. The number of hydrogen-bond donors (Lipinski definition) is 0. The van der Waals surface area contributed by atoms with Gasteiger partial charge in [-0.2, -0.15) is 10.4 Å². The fourth-order valence-electron chi connectivity index (χ4n) is 5.10. The Morgan fingerprint density at radius 1 is 1.03 bits per heavy atom. The molecule has 6 nitrogen and oxygen atoms in total. The summed E-state index contributed by atoms with van der Waals surface area (Å²) < 4.78 is 16.2. The number of amides is 2. The van der Waals surface area contributed by atoms with Crippen molar-refractivity contribution in [2.24, 2.45) is 0 Å². The van der Waals surface area contributed by atoms with Crippen LogP contribution in [0.25, 0.3) is 23.0 Å². The van der Waals surface area contributed by atoms with Gasteiger partial charge in [0.05, 0.1) is 5.69 Å². The SMILES string of the molecule is CC1=C(C#N)C(=O)N(C2CCCCC2)C(=O)/C1=C/c1cn(-c2ccccc2)nc1-c1ccc(C)c(F)c1. The molecule has 1 aromatic heterocycles. The van der Waals surface area contributed by atoms with E-state index >= 15 is 0 Å². The van der Waals surface area contributed by atoms with Gasteiger partial charge in [0, 0.05) is 28.9 Å². The number of aromatic nitrogens is 2. The molecule has 2 aromatic carbocycles. The summed E-state index contributed by atoms with van der Waals surface area (Å²) in [7, 11) is 0. The summed E-state index contributed by atoms with van der Waals surface area (Å²) in [4.78, 5) is 28.2. The number of nitrogens with zero attached hydrogens (tertiary/aromatic N) is 4. The van der Waals surface area contributed by atoms with E-state index < -0.39 is 11.8 Å². The predicted molar refractivity (Wildman–Crippen MR) is 139 cm³/mol. The second-order valence-electron chi connectivity index (χ2n) is 9.62. The zero-order valence-electron chi connectivity index (χ0n) is 20.9. The fraction of sp³-hybridized carbons (Fsp3) is 0.267. The molecule has 0 atom stereocenters. The summed E-state index contributed by atoms with van der Waals surface area (Å²) in [5, 5.41) is 14.5. The Labute approximate surface area is 215 Å². The highest BCUT2D eigenvalue weighted by molar-refractivity contribution is 6.20. The molecule has 3 aromatic rings. The van der Waals surface area contributed by atoms with Crippen LogP contribution in [0.5, 0.6) is 0 Å². The van der Waals surface area contributed by atoms with Gasteiger partial charge < -0.3 is 0 Å². The molecule has 37 heavy (non-hydrogen) atoms. The van der Waals surface area contributed by atoms with Gasteiger partial charge in [-0.25, -0.2) is 9.07 Å². The van der Waals surface area contributed by atoms with E-state index in [4.69, 9.17) is 5.10 Å². The molecule has 7 heteroatoms. The standard InChI is InChI=1S/C30H27FN4O2/c1-19-13-14-21(16-27(19)31)28-22(18-34(33-28)23-9-5-3-6-10-23)15-25-20(2)26(17-32)30(37)35(29(25)36)24-11-7-4-8-12-24/h3,5-6,9-10,13-16,18,24H,4,7-8,11-12H2,1-2H3/b25-15+. The van der Waals surface area contributed by atoms with E-state index in [0.29, 0.717) is 28.0 Å². The quantitative estimate of drug-likeness (QED) is 0.334. The number of rotatable bonds is 4. The van der Waals surface area contributed by atoms with Crippen LogP contribution in [-0.2, 0) is 9.59 Å². The first kappa shape index (κ1) is 24.4. The molecule has 0 spiro atoms. The van der Waals surface area contributed by atoms with E-state index in [1.807, 2.05) is 36.4 Å². The Morgan fingerprint density at radius 2 is 1.76 bits per heavy atom. The third kappa shape index (κ3) is 4.51. The van der Waals surface area contributed by atoms with Gasteiger partial charge in [0.2, 0.25) is 0 Å². The lowest BCUT2D eigenvalue weighted by Crippen LogP contribution is -2.49. The van der Waals surface area contributed by atoms with Crippen LogP contribution < -0.4 is 0 Å². The van der Waals surface area contributed by atoms with Gasteiger partial charge in [0.15, 0.2) is 0 Å². The van der Waals surface area contributed by atoms with Gasteiger partial charge in [0.25, 0.3) is 11.8 Å². The van der Waals surface area contributed by atoms with Crippen molar-refractivity contribution in [2.45, 2.75) is 52.0 Å². The number of benzene rings is 2. The number of hydrogen-bond acceptors (Lipinski definition) is 4. The maximum Gasteiger partial charge on any atom is 0.271 e. The van der Waals surface area contributed by atoms with Crippen molar-refractivity contribution < 1.29 is 14.0 Å². The highest BCUT2D eigenvalue weighted by atomic mass is 19.1. The first-order valence-electron chi connectivity index (χ1n) is 12.5. The van der Waals surface area contributed by atoms with Crippen molar-refractivity contribution in [1.29, 1.82) is 5.26 Å². The van der Waals surface area contributed by atoms with E-state index in [-0.39, 0.29) is 23.0 Å². The van der Waals surface area contributed by atoms with E-state index in [2.05, 4.69) is 0 Å². The molecule has 1 saturated carbocycles. The Morgan fingerprint density at radius 3 is 2.43 bits per heavy atom. The van der Waals surface area contributed by atoms with Crippen LogP contribution in [0.2, 0.25) is 0 Å². The molecular weight excluding hydrogens is 467 g/mol. The van der Waals surface area contributed by atoms with Crippen LogP contribution in [0.15, 0.2) is 71.4 Å². The van der Waals surface area contributed by atoms with Crippen molar-refractivity contribution in [3.63, 3.8) is 0 Å². The normalized spacial score (nSPS) is 18.0. The number of carbonyl (C=O) groups excluding carboxylic acids is 2. The topological polar surface area (TPSA) is 79.0 Å². The van der Waals surface area contributed by atoms with Crippen molar-refractivity contribution in [3.05, 3.63) is 88.4 Å². The Hall–Kier alpha value is -4.31. The lowest BCUT2D eigenvalue weighted by atomic mass is 9.88. The molecule has 0 saturated heterocycles. The van der Waals surface area contributed by atoms with Gasteiger partial charge in [-0.3, -0.25) is 14.5 Å². The van der Waals surface area contributed by atoms with Crippen LogP contribution in [0.1, 0.15) is 50.2 Å². The average Bonchev–Trinajstić information content (AvgIpc) is 3.33. The van der Waals surface area contributed by atoms with Crippen LogP contribution in [-0.4, -0.2) is 32.5 Å². The molecule has 1 fully saturated rings. The van der Waals surface area contributed by atoms with E-state index in [9.17, 15) is 19.2 Å². The number of halogens is 1. The first-order valence-corrected chi connectivity index (χ1v) is 12.5. The van der Waals surface area contributed by atoms with Crippen LogP contribution >= 0.6 is 0 Å². The largest absolute Gasteiger partial charge is 0.271 e. The summed E-state index contributed by atoms with van der Waals surface area (Å²) in [6.45, 7) is 3.32. The third-order valence-electron chi connectivity index (χ3n) is 7.22. The predicted octanol–water partition coefficient (Wildman–Crippen LogP) is 5.91. The van der Waals surface area contributed by atoms with Crippen molar-refractivity contribution >= 4 is 17.9 Å².